The van der Waals surface area contributed by atoms with Crippen molar-refractivity contribution in [1.82, 2.24) is 0 Å². The Bertz CT molecular complexity index is 1300. The van der Waals surface area contributed by atoms with Gasteiger partial charge in [0.1, 0.15) is 13.2 Å². The highest BCUT2D eigenvalue weighted by Gasteiger charge is 2.19. The number of carbonyl (C=O) groups is 3. The summed E-state index contributed by atoms with van der Waals surface area (Å²) < 4.78 is 16.8. The van der Waals surface area contributed by atoms with Gasteiger partial charge in [-0.15, -0.1) is 0 Å². The van der Waals surface area contributed by atoms with E-state index in [1.807, 2.05) is 24.3 Å². The summed E-state index contributed by atoms with van der Waals surface area (Å²) >= 11 is 0. The maximum absolute atomic E-state index is 12.8. The van der Waals surface area contributed by atoms with Gasteiger partial charge in [-0.05, 0) is 89.9 Å². The fraction of sp³-hybridized carbons (Fsp3) is 0.721. The SMILES string of the molecule is CCC\C=C/C=C\C=C/C=C\C=C/CCCCCCCC(=O)OCC(COC(=O)CCCCC/C=C\CCCCCCCCC)OC(=O)CCCCCCCCC/C=C\CCCCCCCC. The van der Waals surface area contributed by atoms with Crippen LogP contribution in [0.1, 0.15) is 265 Å². The summed E-state index contributed by atoms with van der Waals surface area (Å²) in [6, 6.07) is 0. The minimum Gasteiger partial charge on any atom is -0.462 e. The molecule has 384 valence electrons. The first kappa shape index (κ1) is 63.6. The topological polar surface area (TPSA) is 78.9 Å². The number of unbranched alkanes of at least 4 members (excludes halogenated alkanes) is 29. The van der Waals surface area contributed by atoms with E-state index in [0.717, 1.165) is 96.3 Å². The van der Waals surface area contributed by atoms with Crippen LogP contribution in [-0.2, 0) is 28.6 Å². The molecule has 0 heterocycles. The van der Waals surface area contributed by atoms with Crippen LogP contribution in [0.5, 0.6) is 0 Å². The average Bonchev–Trinajstić information content (AvgIpc) is 3.33. The predicted molar refractivity (Wildman–Crippen MR) is 288 cm³/mol. The van der Waals surface area contributed by atoms with Crippen LogP contribution in [0.2, 0.25) is 0 Å². The molecule has 0 amide bonds. The van der Waals surface area contributed by atoms with Crippen LogP contribution in [0.4, 0.5) is 0 Å². The number of rotatable bonds is 50. The molecule has 0 aromatic rings. The molecule has 0 saturated carbocycles. The lowest BCUT2D eigenvalue weighted by Crippen LogP contribution is -2.30. The highest BCUT2D eigenvalue weighted by atomic mass is 16.6. The van der Waals surface area contributed by atoms with Gasteiger partial charge in [-0.1, -0.05) is 241 Å². The lowest BCUT2D eigenvalue weighted by Gasteiger charge is -2.18. The molecule has 0 aliphatic heterocycles. The summed E-state index contributed by atoms with van der Waals surface area (Å²) in [5, 5.41) is 0. The first-order chi connectivity index (χ1) is 33.0. The van der Waals surface area contributed by atoms with Crippen molar-refractivity contribution in [3.63, 3.8) is 0 Å². The Kier molecular flexibility index (Phi) is 52.4. The van der Waals surface area contributed by atoms with E-state index in [1.165, 1.54) is 128 Å². The zero-order valence-corrected chi connectivity index (χ0v) is 43.9. The second kappa shape index (κ2) is 55.2. The third-order valence-corrected chi connectivity index (χ3v) is 12.0. The van der Waals surface area contributed by atoms with Crippen molar-refractivity contribution in [2.45, 2.75) is 271 Å². The van der Waals surface area contributed by atoms with E-state index in [4.69, 9.17) is 14.2 Å². The van der Waals surface area contributed by atoms with Crippen molar-refractivity contribution < 1.29 is 28.6 Å². The Morgan fingerprint density at radius 3 is 0.955 bits per heavy atom. The number of ether oxygens (including phenoxy) is 3. The molecule has 0 bridgehead atoms. The standard InChI is InChI=1S/C61H104O6/c1-4-7-10-13-16-19-22-25-28-30-32-33-36-39-42-45-48-51-54-60(63)66-57-58(56-65-59(62)53-50-47-44-41-38-35-27-24-21-18-15-12-9-6-3)67-61(64)55-52-49-46-43-40-37-34-31-29-26-23-20-17-14-11-8-5-2/h10,13,16,19,22,25-26,28-30,32-33,35,38,58H,4-9,11-12,14-15,17-18,20-21,23-24,27,31,34,36-37,39-57H2,1-3H3/b13-10-,19-16-,25-22-,29-26-,30-28-,33-32-,38-35-. The fourth-order valence-electron chi connectivity index (χ4n) is 7.70. The first-order valence-corrected chi connectivity index (χ1v) is 28.2. The lowest BCUT2D eigenvalue weighted by atomic mass is 10.1. The number of allylic oxidation sites excluding steroid dienone is 14. The Morgan fingerprint density at radius 2 is 0.582 bits per heavy atom. The molecule has 1 unspecified atom stereocenters. The molecule has 0 aliphatic carbocycles. The van der Waals surface area contributed by atoms with Crippen LogP contribution in [-0.4, -0.2) is 37.2 Å². The van der Waals surface area contributed by atoms with E-state index in [0.29, 0.717) is 19.3 Å². The Hall–Kier alpha value is -3.41. The van der Waals surface area contributed by atoms with E-state index in [-0.39, 0.29) is 31.1 Å². The molecule has 0 N–H and O–H groups in total. The molecule has 0 aliphatic rings. The third kappa shape index (κ3) is 53.4. The van der Waals surface area contributed by atoms with Crippen LogP contribution in [0.3, 0.4) is 0 Å². The molecule has 0 spiro atoms. The number of esters is 3. The molecule has 1 atom stereocenters. The van der Waals surface area contributed by atoms with Crippen LogP contribution in [0.15, 0.2) is 85.1 Å². The van der Waals surface area contributed by atoms with Gasteiger partial charge in [0.05, 0.1) is 0 Å². The van der Waals surface area contributed by atoms with Crippen molar-refractivity contribution >= 4 is 17.9 Å². The molecular weight excluding hydrogens is 829 g/mol. The van der Waals surface area contributed by atoms with Gasteiger partial charge in [-0.25, -0.2) is 0 Å². The number of hydrogen-bond donors (Lipinski definition) is 0. The van der Waals surface area contributed by atoms with E-state index >= 15 is 0 Å². The van der Waals surface area contributed by atoms with Gasteiger partial charge in [0.15, 0.2) is 6.10 Å². The van der Waals surface area contributed by atoms with Crippen molar-refractivity contribution in [3.8, 4) is 0 Å². The highest BCUT2D eigenvalue weighted by molar-refractivity contribution is 5.71. The Labute approximate surface area is 414 Å². The highest BCUT2D eigenvalue weighted by Crippen LogP contribution is 2.14. The zero-order chi connectivity index (χ0) is 48.6. The smallest absolute Gasteiger partial charge is 0.306 e. The molecule has 6 heteroatoms. The molecule has 0 aromatic carbocycles. The number of carbonyl (C=O) groups excluding carboxylic acids is 3. The lowest BCUT2D eigenvalue weighted by molar-refractivity contribution is -0.167. The molecular formula is C61H104O6. The first-order valence-electron chi connectivity index (χ1n) is 28.2. The van der Waals surface area contributed by atoms with Gasteiger partial charge in [0.25, 0.3) is 0 Å². The van der Waals surface area contributed by atoms with Gasteiger partial charge in [0, 0.05) is 19.3 Å². The Balaban J connectivity index is 4.46. The molecule has 0 saturated heterocycles. The summed E-state index contributed by atoms with van der Waals surface area (Å²) in [7, 11) is 0. The second-order valence-corrected chi connectivity index (χ2v) is 18.6. The van der Waals surface area contributed by atoms with Gasteiger partial charge in [0.2, 0.25) is 0 Å². The van der Waals surface area contributed by atoms with E-state index < -0.39 is 6.10 Å². The maximum atomic E-state index is 12.8. The molecule has 0 aromatic heterocycles. The second-order valence-electron chi connectivity index (χ2n) is 18.6. The summed E-state index contributed by atoms with van der Waals surface area (Å²) in [5.41, 5.74) is 0. The number of hydrogen-bond acceptors (Lipinski definition) is 6. The third-order valence-electron chi connectivity index (χ3n) is 12.0. The predicted octanol–water partition coefficient (Wildman–Crippen LogP) is 18.8. The van der Waals surface area contributed by atoms with Crippen LogP contribution in [0.25, 0.3) is 0 Å². The van der Waals surface area contributed by atoms with Crippen molar-refractivity contribution in [1.29, 1.82) is 0 Å². The van der Waals surface area contributed by atoms with E-state index in [2.05, 4.69) is 81.5 Å². The molecule has 0 rings (SSSR count). The van der Waals surface area contributed by atoms with E-state index in [1.54, 1.807) is 0 Å². The summed E-state index contributed by atoms with van der Waals surface area (Å²) in [6.07, 6.45) is 71.3. The van der Waals surface area contributed by atoms with Gasteiger partial charge < -0.3 is 14.2 Å². The maximum Gasteiger partial charge on any atom is 0.306 e. The van der Waals surface area contributed by atoms with E-state index in [9.17, 15) is 14.4 Å². The minimum absolute atomic E-state index is 0.0945. The minimum atomic E-state index is -0.796. The van der Waals surface area contributed by atoms with Crippen molar-refractivity contribution in [2.75, 3.05) is 13.2 Å². The molecule has 0 radical (unpaired) electrons. The van der Waals surface area contributed by atoms with Gasteiger partial charge >= 0.3 is 17.9 Å². The van der Waals surface area contributed by atoms with Crippen LogP contribution < -0.4 is 0 Å². The zero-order valence-electron chi connectivity index (χ0n) is 43.9. The van der Waals surface area contributed by atoms with Gasteiger partial charge in [-0.2, -0.15) is 0 Å². The molecule has 0 fully saturated rings. The van der Waals surface area contributed by atoms with Gasteiger partial charge in [-0.3, -0.25) is 14.4 Å². The van der Waals surface area contributed by atoms with Crippen LogP contribution >= 0.6 is 0 Å². The summed E-state index contributed by atoms with van der Waals surface area (Å²) in [6.45, 7) is 6.51. The average molecular weight is 933 g/mol. The largest absolute Gasteiger partial charge is 0.462 e. The molecule has 67 heavy (non-hydrogen) atoms. The quantitative estimate of drug-likeness (QED) is 0.0199. The summed E-state index contributed by atoms with van der Waals surface area (Å²) in [5.74, 6) is -0.934. The van der Waals surface area contributed by atoms with Crippen molar-refractivity contribution in [3.05, 3.63) is 85.1 Å². The monoisotopic (exact) mass is 933 g/mol. The fourth-order valence-corrected chi connectivity index (χ4v) is 7.70. The normalized spacial score (nSPS) is 12.7. The van der Waals surface area contributed by atoms with Crippen molar-refractivity contribution in [2.24, 2.45) is 0 Å². The van der Waals surface area contributed by atoms with Crippen LogP contribution in [0, 0.1) is 0 Å². The summed E-state index contributed by atoms with van der Waals surface area (Å²) in [4.78, 5) is 38.1. The molecule has 6 nitrogen and oxygen atoms in total. The Morgan fingerprint density at radius 1 is 0.299 bits per heavy atom.